The Morgan fingerprint density at radius 1 is 1.45 bits per heavy atom. The van der Waals surface area contributed by atoms with Crippen molar-refractivity contribution < 1.29 is 9.53 Å². The maximum absolute atomic E-state index is 12.6. The minimum Gasteiger partial charge on any atom is -0.381 e. The standard InChI is InChI=1S/C16H28N4O2/c1-16(2,3)14(11-20-8-7-17-12-20)18-15(21)19(4)13-5-9-22-10-6-13/h7-8,12-14H,5-6,9-11H2,1-4H3,(H,18,21). The van der Waals surface area contributed by atoms with E-state index in [-0.39, 0.29) is 23.5 Å². The van der Waals surface area contributed by atoms with Gasteiger partial charge in [-0.05, 0) is 18.3 Å². The minimum absolute atomic E-state index is 0.00746. The van der Waals surface area contributed by atoms with E-state index in [0.29, 0.717) is 0 Å². The molecule has 124 valence electrons. The Labute approximate surface area is 132 Å². The van der Waals surface area contributed by atoms with Gasteiger partial charge in [0, 0.05) is 45.2 Å². The summed E-state index contributed by atoms with van der Waals surface area (Å²) in [5, 5.41) is 3.19. The molecule has 1 aliphatic rings. The zero-order valence-electron chi connectivity index (χ0n) is 14.1. The fraction of sp³-hybridized carbons (Fsp3) is 0.750. The third-order valence-electron chi connectivity index (χ3n) is 4.35. The van der Waals surface area contributed by atoms with Gasteiger partial charge < -0.3 is 19.5 Å². The van der Waals surface area contributed by atoms with Crippen molar-refractivity contribution in [2.45, 2.75) is 52.2 Å². The number of hydrogen-bond acceptors (Lipinski definition) is 3. The summed E-state index contributed by atoms with van der Waals surface area (Å²) in [7, 11) is 1.88. The van der Waals surface area contributed by atoms with Gasteiger partial charge in [0.25, 0.3) is 0 Å². The molecule has 6 heteroatoms. The molecule has 0 saturated carbocycles. The molecule has 0 aromatic carbocycles. The molecule has 1 atom stereocenters. The summed E-state index contributed by atoms with van der Waals surface area (Å²) in [4.78, 5) is 18.5. The van der Waals surface area contributed by atoms with E-state index < -0.39 is 0 Å². The average molecular weight is 308 g/mol. The first-order valence-corrected chi connectivity index (χ1v) is 7.94. The van der Waals surface area contributed by atoms with Crippen molar-refractivity contribution in [2.75, 3.05) is 20.3 Å². The number of nitrogens with zero attached hydrogens (tertiary/aromatic N) is 3. The van der Waals surface area contributed by atoms with Crippen molar-refractivity contribution in [1.82, 2.24) is 19.8 Å². The highest BCUT2D eigenvalue weighted by molar-refractivity contribution is 5.74. The maximum Gasteiger partial charge on any atom is 0.317 e. The number of urea groups is 1. The molecule has 1 unspecified atom stereocenters. The first-order valence-electron chi connectivity index (χ1n) is 7.94. The van der Waals surface area contributed by atoms with Gasteiger partial charge in [0.15, 0.2) is 0 Å². The highest BCUT2D eigenvalue weighted by Gasteiger charge is 2.29. The zero-order chi connectivity index (χ0) is 16.2. The molecule has 2 rings (SSSR count). The number of amides is 2. The first kappa shape index (κ1) is 16.8. The number of carbonyl (C=O) groups excluding carboxylic acids is 1. The van der Waals surface area contributed by atoms with Gasteiger partial charge in [-0.3, -0.25) is 0 Å². The molecular formula is C16H28N4O2. The van der Waals surface area contributed by atoms with Crippen LogP contribution in [0.5, 0.6) is 0 Å². The maximum atomic E-state index is 12.6. The largest absolute Gasteiger partial charge is 0.381 e. The average Bonchev–Trinajstić information content (AvgIpc) is 2.98. The molecule has 1 N–H and O–H groups in total. The number of rotatable bonds is 4. The Morgan fingerprint density at radius 2 is 2.14 bits per heavy atom. The van der Waals surface area contributed by atoms with Crippen molar-refractivity contribution in [3.8, 4) is 0 Å². The number of carbonyl (C=O) groups is 1. The normalized spacial score (nSPS) is 18.0. The van der Waals surface area contributed by atoms with E-state index in [2.05, 4.69) is 31.1 Å². The van der Waals surface area contributed by atoms with E-state index >= 15 is 0 Å². The van der Waals surface area contributed by atoms with E-state index in [1.54, 1.807) is 12.5 Å². The van der Waals surface area contributed by atoms with Crippen LogP contribution in [0.25, 0.3) is 0 Å². The zero-order valence-corrected chi connectivity index (χ0v) is 14.1. The third kappa shape index (κ3) is 4.47. The number of ether oxygens (including phenoxy) is 1. The van der Waals surface area contributed by atoms with Gasteiger partial charge in [-0.15, -0.1) is 0 Å². The molecule has 1 aromatic rings. The Bertz CT molecular complexity index is 461. The number of aromatic nitrogens is 2. The Balaban J connectivity index is 1.98. The molecule has 1 aliphatic heterocycles. The molecule has 0 aliphatic carbocycles. The summed E-state index contributed by atoms with van der Waals surface area (Å²) in [5.41, 5.74) is -0.0313. The number of hydrogen-bond donors (Lipinski definition) is 1. The monoisotopic (exact) mass is 308 g/mol. The molecule has 0 radical (unpaired) electrons. The molecule has 2 amide bonds. The lowest BCUT2D eigenvalue weighted by atomic mass is 9.86. The smallest absolute Gasteiger partial charge is 0.317 e. The van der Waals surface area contributed by atoms with Crippen LogP contribution in [0.15, 0.2) is 18.7 Å². The number of nitrogens with one attached hydrogen (secondary N) is 1. The minimum atomic E-state index is -0.0313. The second-order valence-corrected chi connectivity index (χ2v) is 7.08. The van der Waals surface area contributed by atoms with Crippen molar-refractivity contribution >= 4 is 6.03 Å². The van der Waals surface area contributed by atoms with Crippen LogP contribution in [0, 0.1) is 5.41 Å². The topological polar surface area (TPSA) is 59.4 Å². The lowest BCUT2D eigenvalue weighted by Gasteiger charge is -2.36. The SMILES string of the molecule is CN(C(=O)NC(Cn1ccnc1)C(C)(C)C)C1CCOCC1. The van der Waals surface area contributed by atoms with Crippen LogP contribution in [-0.4, -0.2) is 52.8 Å². The Kier molecular flexibility index (Phi) is 5.45. The van der Waals surface area contributed by atoms with Gasteiger partial charge in [-0.1, -0.05) is 20.8 Å². The summed E-state index contributed by atoms with van der Waals surface area (Å²) in [6.45, 7) is 8.62. The van der Waals surface area contributed by atoms with E-state index in [1.807, 2.05) is 22.7 Å². The van der Waals surface area contributed by atoms with Gasteiger partial charge in [0.2, 0.25) is 0 Å². The molecule has 6 nitrogen and oxygen atoms in total. The lowest BCUT2D eigenvalue weighted by molar-refractivity contribution is 0.0512. The highest BCUT2D eigenvalue weighted by Crippen LogP contribution is 2.21. The second kappa shape index (κ2) is 7.13. The van der Waals surface area contributed by atoms with Gasteiger partial charge in [0.1, 0.15) is 0 Å². The molecule has 1 fully saturated rings. The first-order chi connectivity index (χ1) is 10.4. The van der Waals surface area contributed by atoms with Crippen LogP contribution in [0.2, 0.25) is 0 Å². The molecule has 1 aromatic heterocycles. The van der Waals surface area contributed by atoms with E-state index in [1.165, 1.54) is 0 Å². The molecule has 22 heavy (non-hydrogen) atoms. The Morgan fingerprint density at radius 3 is 2.68 bits per heavy atom. The van der Waals surface area contributed by atoms with Gasteiger partial charge >= 0.3 is 6.03 Å². The molecule has 0 bridgehead atoms. The Hall–Kier alpha value is -1.56. The number of imidazole rings is 1. The van der Waals surface area contributed by atoms with Gasteiger partial charge in [-0.2, -0.15) is 0 Å². The molecule has 0 spiro atoms. The summed E-state index contributed by atoms with van der Waals surface area (Å²) in [6.07, 6.45) is 7.28. The third-order valence-corrected chi connectivity index (χ3v) is 4.35. The molecular weight excluding hydrogens is 280 g/mol. The summed E-state index contributed by atoms with van der Waals surface area (Å²) >= 11 is 0. The van der Waals surface area contributed by atoms with Crippen molar-refractivity contribution in [3.05, 3.63) is 18.7 Å². The summed E-state index contributed by atoms with van der Waals surface area (Å²) in [6, 6.07) is 0.297. The predicted molar refractivity (Wildman–Crippen MR) is 85.6 cm³/mol. The molecule has 2 heterocycles. The van der Waals surface area contributed by atoms with E-state index in [9.17, 15) is 4.79 Å². The van der Waals surface area contributed by atoms with Crippen LogP contribution in [-0.2, 0) is 11.3 Å². The highest BCUT2D eigenvalue weighted by atomic mass is 16.5. The van der Waals surface area contributed by atoms with Crippen molar-refractivity contribution in [1.29, 1.82) is 0 Å². The quantitative estimate of drug-likeness (QED) is 0.927. The van der Waals surface area contributed by atoms with Crippen LogP contribution in [0.1, 0.15) is 33.6 Å². The van der Waals surface area contributed by atoms with Crippen molar-refractivity contribution in [2.24, 2.45) is 5.41 Å². The summed E-state index contributed by atoms with van der Waals surface area (Å²) in [5.74, 6) is 0. The molecule has 1 saturated heterocycles. The summed E-state index contributed by atoms with van der Waals surface area (Å²) < 4.78 is 7.37. The van der Waals surface area contributed by atoms with Gasteiger partial charge in [-0.25, -0.2) is 9.78 Å². The van der Waals surface area contributed by atoms with Crippen LogP contribution < -0.4 is 5.32 Å². The van der Waals surface area contributed by atoms with Crippen molar-refractivity contribution in [3.63, 3.8) is 0 Å². The lowest BCUT2D eigenvalue weighted by Crippen LogP contribution is -2.53. The fourth-order valence-electron chi connectivity index (χ4n) is 2.63. The van der Waals surface area contributed by atoms with Crippen LogP contribution in [0.3, 0.4) is 0 Å². The van der Waals surface area contributed by atoms with E-state index in [4.69, 9.17) is 4.74 Å². The fourth-order valence-corrected chi connectivity index (χ4v) is 2.63. The van der Waals surface area contributed by atoms with E-state index in [0.717, 1.165) is 32.6 Å². The second-order valence-electron chi connectivity index (χ2n) is 7.08. The van der Waals surface area contributed by atoms with Gasteiger partial charge in [0.05, 0.1) is 12.4 Å². The predicted octanol–water partition coefficient (Wildman–Crippen LogP) is 2.12. The van der Waals surface area contributed by atoms with Crippen LogP contribution >= 0.6 is 0 Å². The van der Waals surface area contributed by atoms with Crippen LogP contribution in [0.4, 0.5) is 4.79 Å².